The molecule has 14 heavy (non-hydrogen) atoms. The van der Waals surface area contributed by atoms with Crippen LogP contribution in [0.5, 0.6) is 0 Å². The van der Waals surface area contributed by atoms with Gasteiger partial charge in [0, 0.05) is 12.6 Å². The van der Waals surface area contributed by atoms with Crippen molar-refractivity contribution in [3.05, 3.63) is 12.5 Å². The van der Waals surface area contributed by atoms with Crippen LogP contribution in [0.25, 0.3) is 0 Å². The van der Waals surface area contributed by atoms with E-state index in [1.807, 2.05) is 0 Å². The Labute approximate surface area is 84.3 Å². The average Bonchev–Trinajstić information content (AvgIpc) is 2.19. The minimum atomic E-state index is 0.389. The lowest BCUT2D eigenvalue weighted by Crippen LogP contribution is -2.33. The quantitative estimate of drug-likeness (QED) is 0.738. The van der Waals surface area contributed by atoms with E-state index in [0.29, 0.717) is 12.6 Å². The molecule has 0 spiro atoms. The summed E-state index contributed by atoms with van der Waals surface area (Å²) in [5.41, 5.74) is 5.48. The van der Waals surface area contributed by atoms with Crippen LogP contribution in [0, 0.1) is 0 Å². The highest BCUT2D eigenvalue weighted by Gasteiger charge is 2.11. The second-order valence-electron chi connectivity index (χ2n) is 3.40. The van der Waals surface area contributed by atoms with Gasteiger partial charge in [0.25, 0.3) is 0 Å². The largest absolute Gasteiger partial charge is 0.351 e. The van der Waals surface area contributed by atoms with Crippen LogP contribution in [0.3, 0.4) is 0 Å². The number of anilines is 1. The molecule has 1 aromatic rings. The minimum absolute atomic E-state index is 0.389. The Morgan fingerprint density at radius 1 is 1.50 bits per heavy atom. The summed E-state index contributed by atoms with van der Waals surface area (Å²) < 4.78 is 0. The van der Waals surface area contributed by atoms with Gasteiger partial charge >= 0.3 is 0 Å². The molecular weight excluding hydrogens is 178 g/mol. The van der Waals surface area contributed by atoms with Gasteiger partial charge in [-0.1, -0.05) is 0 Å². The smallest absolute Gasteiger partial charge is 0.170 e. The molecule has 5 heteroatoms. The van der Waals surface area contributed by atoms with E-state index in [4.69, 9.17) is 5.73 Å². The van der Waals surface area contributed by atoms with Crippen LogP contribution in [-0.2, 0) is 0 Å². The topological polar surface area (TPSA) is 67.9 Å². The lowest BCUT2D eigenvalue weighted by Gasteiger charge is -2.26. The van der Waals surface area contributed by atoms with E-state index < -0.39 is 0 Å². The van der Waals surface area contributed by atoms with Gasteiger partial charge in [-0.3, -0.25) is 0 Å². The molecule has 78 valence electrons. The van der Waals surface area contributed by atoms with Gasteiger partial charge in [-0.15, -0.1) is 10.2 Å². The number of nitrogens with two attached hydrogens (primary N) is 1. The number of hydrogen-bond acceptors (Lipinski definition) is 5. The summed E-state index contributed by atoms with van der Waals surface area (Å²) in [5, 5.41) is 7.79. The second kappa shape index (κ2) is 5.49. The van der Waals surface area contributed by atoms with Crippen LogP contribution in [0.4, 0.5) is 5.82 Å². The van der Waals surface area contributed by atoms with Crippen molar-refractivity contribution in [1.29, 1.82) is 0 Å². The molecule has 0 atom stereocenters. The second-order valence-corrected chi connectivity index (χ2v) is 3.40. The summed E-state index contributed by atoms with van der Waals surface area (Å²) in [6.45, 7) is 5.82. The third-order valence-corrected chi connectivity index (χ3v) is 1.99. The Balaban J connectivity index is 2.68. The highest BCUT2D eigenvalue weighted by molar-refractivity contribution is 5.34. The Hall–Kier alpha value is -1.23. The minimum Gasteiger partial charge on any atom is -0.351 e. The number of rotatable bonds is 5. The van der Waals surface area contributed by atoms with Gasteiger partial charge in [0.05, 0.1) is 6.20 Å². The van der Waals surface area contributed by atoms with Crippen molar-refractivity contribution in [3.8, 4) is 0 Å². The zero-order valence-corrected chi connectivity index (χ0v) is 8.72. The van der Waals surface area contributed by atoms with Crippen molar-refractivity contribution >= 4 is 5.82 Å². The lowest BCUT2D eigenvalue weighted by molar-refractivity contribution is 0.641. The molecular formula is C9H17N5. The number of nitrogens with zero attached hydrogens (tertiary/aromatic N) is 4. The Kier molecular flexibility index (Phi) is 4.25. The maximum atomic E-state index is 5.48. The van der Waals surface area contributed by atoms with Crippen molar-refractivity contribution in [2.24, 2.45) is 5.73 Å². The summed E-state index contributed by atoms with van der Waals surface area (Å²) in [6.07, 6.45) is 4.11. The number of hydrogen-bond donors (Lipinski definition) is 1. The monoisotopic (exact) mass is 195 g/mol. The summed E-state index contributed by atoms with van der Waals surface area (Å²) >= 11 is 0. The third kappa shape index (κ3) is 2.92. The Morgan fingerprint density at radius 3 is 2.79 bits per heavy atom. The van der Waals surface area contributed by atoms with Gasteiger partial charge in [-0.05, 0) is 26.8 Å². The zero-order chi connectivity index (χ0) is 10.4. The van der Waals surface area contributed by atoms with Crippen LogP contribution in [0.15, 0.2) is 12.5 Å². The third-order valence-electron chi connectivity index (χ3n) is 1.99. The molecule has 0 aliphatic heterocycles. The normalized spacial score (nSPS) is 10.6. The molecule has 0 aromatic carbocycles. The fraction of sp³-hybridized carbons (Fsp3) is 0.667. The van der Waals surface area contributed by atoms with Gasteiger partial charge in [0.1, 0.15) is 6.33 Å². The van der Waals surface area contributed by atoms with E-state index in [2.05, 4.69) is 33.9 Å². The molecule has 0 bridgehead atoms. The molecule has 5 nitrogen and oxygen atoms in total. The molecule has 0 saturated carbocycles. The number of aromatic nitrogens is 3. The molecule has 0 fully saturated rings. The first kappa shape index (κ1) is 10.8. The van der Waals surface area contributed by atoms with Gasteiger partial charge in [-0.25, -0.2) is 4.98 Å². The molecule has 1 aromatic heterocycles. The van der Waals surface area contributed by atoms with Gasteiger partial charge in [-0.2, -0.15) is 0 Å². The van der Waals surface area contributed by atoms with Crippen molar-refractivity contribution in [1.82, 2.24) is 15.2 Å². The fourth-order valence-corrected chi connectivity index (χ4v) is 1.27. The van der Waals surface area contributed by atoms with E-state index in [0.717, 1.165) is 18.8 Å². The molecule has 0 aliphatic rings. The first-order valence-electron chi connectivity index (χ1n) is 4.85. The highest BCUT2D eigenvalue weighted by atomic mass is 15.3. The SMILES string of the molecule is CC(C)N(CCCN)c1cncnn1. The van der Waals surface area contributed by atoms with Gasteiger partial charge in [0.2, 0.25) is 0 Å². The van der Waals surface area contributed by atoms with E-state index in [-0.39, 0.29) is 0 Å². The van der Waals surface area contributed by atoms with Crippen LogP contribution in [-0.4, -0.2) is 34.3 Å². The lowest BCUT2D eigenvalue weighted by atomic mass is 10.3. The molecule has 0 radical (unpaired) electrons. The summed E-state index contributed by atoms with van der Waals surface area (Å²) in [7, 11) is 0. The van der Waals surface area contributed by atoms with Crippen molar-refractivity contribution in [2.45, 2.75) is 26.3 Å². The summed E-state index contributed by atoms with van der Waals surface area (Å²) in [6, 6.07) is 0.389. The van der Waals surface area contributed by atoms with Crippen molar-refractivity contribution in [3.63, 3.8) is 0 Å². The van der Waals surface area contributed by atoms with Crippen LogP contribution < -0.4 is 10.6 Å². The molecule has 2 N–H and O–H groups in total. The standard InChI is InChI=1S/C9H17N5/c1-8(2)14(5-3-4-10)9-6-11-7-12-13-9/h6-8H,3-5,10H2,1-2H3. The van der Waals surface area contributed by atoms with E-state index in [1.165, 1.54) is 6.33 Å². The first-order chi connectivity index (χ1) is 6.75. The predicted molar refractivity (Wildman–Crippen MR) is 56.0 cm³/mol. The van der Waals surface area contributed by atoms with E-state index in [1.54, 1.807) is 6.20 Å². The fourth-order valence-electron chi connectivity index (χ4n) is 1.27. The first-order valence-corrected chi connectivity index (χ1v) is 4.85. The molecule has 0 aliphatic carbocycles. The molecule has 0 amide bonds. The average molecular weight is 195 g/mol. The maximum Gasteiger partial charge on any atom is 0.170 e. The summed E-state index contributed by atoms with van der Waals surface area (Å²) in [5.74, 6) is 0.816. The highest BCUT2D eigenvalue weighted by Crippen LogP contribution is 2.10. The van der Waals surface area contributed by atoms with Crippen LogP contribution in [0.1, 0.15) is 20.3 Å². The van der Waals surface area contributed by atoms with E-state index >= 15 is 0 Å². The van der Waals surface area contributed by atoms with Gasteiger partial charge in [0.15, 0.2) is 5.82 Å². The summed E-state index contributed by atoms with van der Waals surface area (Å²) in [4.78, 5) is 6.10. The van der Waals surface area contributed by atoms with Crippen molar-refractivity contribution < 1.29 is 0 Å². The van der Waals surface area contributed by atoms with Gasteiger partial charge < -0.3 is 10.6 Å². The van der Waals surface area contributed by atoms with Crippen molar-refractivity contribution in [2.75, 3.05) is 18.0 Å². The molecule has 0 unspecified atom stereocenters. The maximum absolute atomic E-state index is 5.48. The zero-order valence-electron chi connectivity index (χ0n) is 8.72. The van der Waals surface area contributed by atoms with Crippen LogP contribution >= 0.6 is 0 Å². The molecule has 1 heterocycles. The Morgan fingerprint density at radius 2 is 2.29 bits per heavy atom. The molecule has 0 saturated heterocycles. The Bertz CT molecular complexity index is 249. The molecule has 1 rings (SSSR count). The van der Waals surface area contributed by atoms with E-state index in [9.17, 15) is 0 Å². The predicted octanol–water partition coefficient (Wildman–Crippen LogP) is 0.435. The van der Waals surface area contributed by atoms with Crippen LogP contribution in [0.2, 0.25) is 0 Å².